The molecule has 5 rings (SSSR count). The van der Waals surface area contributed by atoms with Crippen LogP contribution in [0, 0.1) is 11.6 Å². The summed E-state index contributed by atoms with van der Waals surface area (Å²) in [5.41, 5.74) is 1.09. The van der Waals surface area contributed by atoms with Crippen molar-refractivity contribution in [3.05, 3.63) is 59.3 Å². The maximum atomic E-state index is 14.3. The van der Waals surface area contributed by atoms with Crippen LogP contribution in [0.4, 0.5) is 8.78 Å². The number of aromatic nitrogens is 1. The number of carbonyl (C=O) groups is 1. The van der Waals surface area contributed by atoms with Crippen LogP contribution in [0.15, 0.2) is 36.4 Å². The normalized spacial score (nSPS) is 15.9. The van der Waals surface area contributed by atoms with Crippen LogP contribution in [0.5, 0.6) is 17.2 Å². The average Bonchev–Trinajstić information content (AvgIpc) is 3.26. The second-order valence-corrected chi connectivity index (χ2v) is 7.75. The molecule has 2 aromatic carbocycles. The van der Waals surface area contributed by atoms with E-state index in [1.807, 2.05) is 18.2 Å². The van der Waals surface area contributed by atoms with Crippen LogP contribution >= 0.6 is 0 Å². The minimum absolute atomic E-state index is 0.0732. The number of hydrogen-bond acceptors (Lipinski definition) is 6. The molecular weight excluding hydrogens is 420 g/mol. The zero-order valence-corrected chi connectivity index (χ0v) is 17.4. The van der Waals surface area contributed by atoms with Crippen LogP contribution in [0.2, 0.25) is 0 Å². The molecule has 1 fully saturated rings. The molecule has 2 aliphatic heterocycles. The Kier molecular flexibility index (Phi) is 5.26. The fourth-order valence-electron chi connectivity index (χ4n) is 4.07. The summed E-state index contributed by atoms with van der Waals surface area (Å²) in [4.78, 5) is 21.1. The van der Waals surface area contributed by atoms with Gasteiger partial charge in [0, 0.05) is 50.2 Å². The molecule has 0 unspecified atom stereocenters. The quantitative estimate of drug-likeness (QED) is 0.620. The molecule has 0 saturated carbocycles. The highest BCUT2D eigenvalue weighted by Crippen LogP contribution is 2.33. The van der Waals surface area contributed by atoms with Gasteiger partial charge < -0.3 is 19.1 Å². The standard InChI is InChI=1S/C23H21F2N3O4/c1-30-20-11-18(26-22-16(20)9-15(24)10-17(22)25)23(29)28-6-4-27(5-7-28)12-14-2-3-19-21(8-14)32-13-31-19/h2-3,8-11H,4-7,12-13H2,1H3. The number of carbonyl (C=O) groups excluding carboxylic acids is 1. The highest BCUT2D eigenvalue weighted by atomic mass is 19.1. The van der Waals surface area contributed by atoms with Crippen molar-refractivity contribution in [2.45, 2.75) is 6.54 Å². The Balaban J connectivity index is 1.28. The van der Waals surface area contributed by atoms with Crippen molar-refractivity contribution < 1.29 is 27.8 Å². The summed E-state index contributed by atoms with van der Waals surface area (Å²) >= 11 is 0. The molecule has 1 amide bonds. The van der Waals surface area contributed by atoms with Gasteiger partial charge in [0.25, 0.3) is 5.91 Å². The number of fused-ring (bicyclic) bond motifs is 2. The van der Waals surface area contributed by atoms with Crippen molar-refractivity contribution in [1.29, 1.82) is 0 Å². The van der Waals surface area contributed by atoms with E-state index in [0.717, 1.165) is 35.7 Å². The largest absolute Gasteiger partial charge is 0.496 e. The molecule has 3 aromatic rings. The van der Waals surface area contributed by atoms with Gasteiger partial charge in [0.05, 0.1) is 7.11 Å². The smallest absolute Gasteiger partial charge is 0.272 e. The predicted molar refractivity (Wildman–Crippen MR) is 112 cm³/mol. The van der Waals surface area contributed by atoms with Crippen molar-refractivity contribution in [3.63, 3.8) is 0 Å². The highest BCUT2D eigenvalue weighted by Gasteiger charge is 2.25. The first-order chi connectivity index (χ1) is 15.5. The van der Waals surface area contributed by atoms with Crippen molar-refractivity contribution in [1.82, 2.24) is 14.8 Å². The first-order valence-electron chi connectivity index (χ1n) is 10.3. The van der Waals surface area contributed by atoms with Gasteiger partial charge in [-0.05, 0) is 23.8 Å². The van der Waals surface area contributed by atoms with E-state index in [9.17, 15) is 13.6 Å². The molecule has 1 aromatic heterocycles. The van der Waals surface area contributed by atoms with Crippen LogP contribution in [0.1, 0.15) is 16.1 Å². The van der Waals surface area contributed by atoms with Gasteiger partial charge in [-0.25, -0.2) is 13.8 Å². The summed E-state index contributed by atoms with van der Waals surface area (Å²) in [5.74, 6) is -0.162. The molecule has 32 heavy (non-hydrogen) atoms. The molecule has 0 radical (unpaired) electrons. The molecular formula is C23H21F2N3O4. The Morgan fingerprint density at radius 1 is 1.06 bits per heavy atom. The predicted octanol–water partition coefficient (Wildman–Crippen LogP) is 3.21. The number of pyridine rings is 1. The number of halogens is 2. The van der Waals surface area contributed by atoms with E-state index in [-0.39, 0.29) is 35.0 Å². The van der Waals surface area contributed by atoms with E-state index >= 15 is 0 Å². The number of benzene rings is 2. The molecule has 0 aliphatic carbocycles. The van der Waals surface area contributed by atoms with Gasteiger partial charge in [0.1, 0.15) is 22.8 Å². The van der Waals surface area contributed by atoms with Crippen LogP contribution < -0.4 is 14.2 Å². The Hall–Kier alpha value is -3.46. The van der Waals surface area contributed by atoms with Gasteiger partial charge in [0.15, 0.2) is 17.3 Å². The highest BCUT2D eigenvalue weighted by molar-refractivity contribution is 5.97. The molecule has 7 nitrogen and oxygen atoms in total. The Labute approximate surface area is 183 Å². The third-order valence-electron chi connectivity index (χ3n) is 5.74. The number of rotatable bonds is 4. The minimum atomic E-state index is -0.832. The van der Waals surface area contributed by atoms with E-state index < -0.39 is 11.6 Å². The molecule has 0 N–H and O–H groups in total. The van der Waals surface area contributed by atoms with Crippen molar-refractivity contribution in [2.75, 3.05) is 40.1 Å². The summed E-state index contributed by atoms with van der Waals surface area (Å²) in [6, 6.07) is 9.21. The lowest BCUT2D eigenvalue weighted by Gasteiger charge is -2.34. The van der Waals surface area contributed by atoms with E-state index in [1.165, 1.54) is 13.2 Å². The monoisotopic (exact) mass is 441 g/mol. The number of methoxy groups -OCH3 is 1. The molecule has 0 spiro atoms. The van der Waals surface area contributed by atoms with Crippen LogP contribution in [0.3, 0.4) is 0 Å². The maximum absolute atomic E-state index is 14.3. The van der Waals surface area contributed by atoms with E-state index in [0.29, 0.717) is 26.2 Å². The van der Waals surface area contributed by atoms with Crippen LogP contribution in [-0.2, 0) is 6.54 Å². The first-order valence-corrected chi connectivity index (χ1v) is 10.3. The lowest BCUT2D eigenvalue weighted by atomic mass is 10.1. The maximum Gasteiger partial charge on any atom is 0.272 e. The zero-order chi connectivity index (χ0) is 22.2. The Morgan fingerprint density at radius 3 is 2.62 bits per heavy atom. The Bertz CT molecular complexity index is 1200. The molecule has 0 atom stereocenters. The molecule has 2 aliphatic rings. The number of ether oxygens (including phenoxy) is 3. The summed E-state index contributed by atoms with van der Waals surface area (Å²) < 4.78 is 43.9. The molecule has 3 heterocycles. The molecule has 1 saturated heterocycles. The second-order valence-electron chi connectivity index (χ2n) is 7.75. The van der Waals surface area contributed by atoms with E-state index in [4.69, 9.17) is 14.2 Å². The molecule has 166 valence electrons. The van der Waals surface area contributed by atoms with Gasteiger partial charge in [-0.15, -0.1) is 0 Å². The summed E-state index contributed by atoms with van der Waals surface area (Å²) in [6.45, 7) is 3.37. The topological polar surface area (TPSA) is 64.1 Å². The van der Waals surface area contributed by atoms with Crippen molar-refractivity contribution >= 4 is 16.8 Å². The number of amides is 1. The fourth-order valence-corrected chi connectivity index (χ4v) is 4.07. The SMILES string of the molecule is COc1cc(C(=O)N2CCN(Cc3ccc4c(c3)OCO4)CC2)nc2c(F)cc(F)cc12. The van der Waals surface area contributed by atoms with Crippen molar-refractivity contribution in [3.8, 4) is 17.2 Å². The third kappa shape index (κ3) is 3.80. The number of piperazine rings is 1. The first kappa shape index (κ1) is 20.4. The van der Waals surface area contributed by atoms with Crippen molar-refractivity contribution in [2.24, 2.45) is 0 Å². The van der Waals surface area contributed by atoms with Crippen LogP contribution in [-0.4, -0.2) is 60.8 Å². The number of nitrogens with zero attached hydrogens (tertiary/aromatic N) is 3. The van der Waals surface area contributed by atoms with Gasteiger partial charge in [-0.3, -0.25) is 9.69 Å². The zero-order valence-electron chi connectivity index (χ0n) is 17.4. The molecule has 0 bridgehead atoms. The van der Waals surface area contributed by atoms with Gasteiger partial charge in [-0.1, -0.05) is 6.07 Å². The number of hydrogen-bond donors (Lipinski definition) is 0. The Morgan fingerprint density at radius 2 is 1.84 bits per heavy atom. The van der Waals surface area contributed by atoms with Gasteiger partial charge in [0.2, 0.25) is 6.79 Å². The van der Waals surface area contributed by atoms with E-state index in [2.05, 4.69) is 9.88 Å². The fraction of sp³-hybridized carbons (Fsp3) is 0.304. The minimum Gasteiger partial charge on any atom is -0.496 e. The molecule has 9 heteroatoms. The van der Waals surface area contributed by atoms with Gasteiger partial charge in [-0.2, -0.15) is 0 Å². The summed E-state index contributed by atoms with van der Waals surface area (Å²) in [6.07, 6.45) is 0. The lowest BCUT2D eigenvalue weighted by Crippen LogP contribution is -2.48. The lowest BCUT2D eigenvalue weighted by molar-refractivity contribution is 0.0622. The second kappa shape index (κ2) is 8.23. The van der Waals surface area contributed by atoms with E-state index in [1.54, 1.807) is 4.90 Å². The third-order valence-corrected chi connectivity index (χ3v) is 5.74. The van der Waals surface area contributed by atoms with Gasteiger partial charge >= 0.3 is 0 Å². The summed E-state index contributed by atoms with van der Waals surface area (Å²) in [7, 11) is 1.39. The summed E-state index contributed by atoms with van der Waals surface area (Å²) in [5, 5.41) is 0.190. The average molecular weight is 441 g/mol. The van der Waals surface area contributed by atoms with Crippen LogP contribution in [0.25, 0.3) is 10.9 Å².